The molecule has 0 amide bonds. The smallest absolute Gasteiger partial charge is 0.282 e. The Morgan fingerprint density at radius 1 is 1.56 bits per heavy atom. The molecule has 2 aromatic heterocycles. The highest BCUT2D eigenvalue weighted by Gasteiger charge is 2.17. The average molecular weight is 241 g/mol. The lowest BCUT2D eigenvalue weighted by Gasteiger charge is -2.01. The topological polar surface area (TPSA) is 92.7 Å². The van der Waals surface area contributed by atoms with Gasteiger partial charge in [0.25, 0.3) is 10.0 Å². The monoisotopic (exact) mass is 241 g/mol. The number of rotatable bonds is 4. The average Bonchev–Trinajstić information content (AvgIpc) is 2.85. The van der Waals surface area contributed by atoms with Gasteiger partial charge in [-0.1, -0.05) is 0 Å². The van der Waals surface area contributed by atoms with E-state index in [4.69, 9.17) is 0 Å². The second-order valence-corrected chi connectivity index (χ2v) is 4.75. The van der Waals surface area contributed by atoms with E-state index in [-0.39, 0.29) is 5.03 Å². The number of H-pyrrole nitrogens is 1. The van der Waals surface area contributed by atoms with Crippen LogP contribution in [0.5, 0.6) is 0 Å². The number of hydrogen-bond donors (Lipinski definition) is 2. The van der Waals surface area contributed by atoms with Crippen LogP contribution in [-0.4, -0.2) is 28.2 Å². The van der Waals surface area contributed by atoms with E-state index >= 15 is 0 Å². The van der Waals surface area contributed by atoms with Crippen molar-refractivity contribution in [1.29, 1.82) is 0 Å². The van der Waals surface area contributed by atoms with E-state index in [2.05, 4.69) is 19.9 Å². The summed E-state index contributed by atoms with van der Waals surface area (Å²) >= 11 is 0. The van der Waals surface area contributed by atoms with Crippen LogP contribution in [0.25, 0.3) is 0 Å². The maximum Gasteiger partial charge on any atom is 0.282 e. The van der Waals surface area contributed by atoms with E-state index in [9.17, 15) is 8.42 Å². The van der Waals surface area contributed by atoms with Crippen LogP contribution < -0.4 is 4.72 Å². The highest BCUT2D eigenvalue weighted by molar-refractivity contribution is 7.92. The van der Waals surface area contributed by atoms with Gasteiger partial charge < -0.3 is 4.57 Å². The van der Waals surface area contributed by atoms with Crippen molar-refractivity contribution < 1.29 is 8.42 Å². The lowest BCUT2D eigenvalue weighted by atomic mass is 10.7. The fourth-order valence-electron chi connectivity index (χ4n) is 1.16. The molecule has 0 radical (unpaired) electrons. The second kappa shape index (κ2) is 3.97. The summed E-state index contributed by atoms with van der Waals surface area (Å²) in [6.07, 6.45) is 4.41. The van der Waals surface area contributed by atoms with E-state index in [1.807, 2.05) is 6.92 Å². The third-order valence-corrected chi connectivity index (χ3v) is 3.25. The molecule has 0 saturated heterocycles. The molecular weight excluding hydrogens is 230 g/mol. The third-order valence-electron chi connectivity index (χ3n) is 2.00. The molecule has 2 heterocycles. The molecule has 2 N–H and O–H groups in total. The van der Waals surface area contributed by atoms with Crippen LogP contribution in [0.2, 0.25) is 0 Å². The first-order valence-corrected chi connectivity index (χ1v) is 6.14. The van der Waals surface area contributed by atoms with Crippen molar-refractivity contribution in [3.63, 3.8) is 0 Å². The summed E-state index contributed by atoms with van der Waals surface area (Å²) < 4.78 is 27.6. The lowest BCUT2D eigenvalue weighted by molar-refractivity contribution is 0.597. The molecule has 0 atom stereocenters. The number of sulfonamides is 1. The standard InChI is InChI=1S/C8H11N5O2S/c1-2-13-5-8(9-6-13)16(14,15)12-7-3-4-10-11-7/h3-6H,2H2,1H3,(H2,10,11,12). The molecule has 0 spiro atoms. The van der Waals surface area contributed by atoms with Gasteiger partial charge in [0, 0.05) is 18.8 Å². The number of aromatic amines is 1. The predicted molar refractivity (Wildman–Crippen MR) is 57.3 cm³/mol. The number of nitrogens with one attached hydrogen (secondary N) is 2. The second-order valence-electron chi connectivity index (χ2n) is 3.12. The molecule has 0 aliphatic rings. The maximum atomic E-state index is 11.8. The molecule has 0 aliphatic heterocycles. The van der Waals surface area contributed by atoms with Gasteiger partial charge in [0.15, 0.2) is 5.03 Å². The van der Waals surface area contributed by atoms with Gasteiger partial charge in [-0.2, -0.15) is 13.5 Å². The third kappa shape index (κ3) is 2.06. The Bertz CT molecular complexity index is 557. The first-order valence-electron chi connectivity index (χ1n) is 4.66. The highest BCUT2D eigenvalue weighted by atomic mass is 32.2. The Hall–Kier alpha value is -1.83. The fourth-order valence-corrected chi connectivity index (χ4v) is 2.13. The number of nitrogens with zero attached hydrogens (tertiary/aromatic N) is 3. The maximum absolute atomic E-state index is 11.8. The molecule has 16 heavy (non-hydrogen) atoms. The van der Waals surface area contributed by atoms with Crippen LogP contribution in [0.3, 0.4) is 0 Å². The van der Waals surface area contributed by atoms with Crippen LogP contribution in [0.15, 0.2) is 29.8 Å². The SMILES string of the molecule is CCn1cnc(S(=O)(=O)Nc2ccn[nH]2)c1. The molecule has 8 heteroatoms. The molecule has 86 valence electrons. The van der Waals surface area contributed by atoms with Gasteiger partial charge >= 0.3 is 0 Å². The number of aryl methyl sites for hydroxylation is 1. The molecule has 0 bridgehead atoms. The van der Waals surface area contributed by atoms with Crippen LogP contribution in [0, 0.1) is 0 Å². The zero-order valence-corrected chi connectivity index (χ0v) is 9.40. The molecule has 0 aromatic carbocycles. The highest BCUT2D eigenvalue weighted by Crippen LogP contribution is 2.11. The van der Waals surface area contributed by atoms with Gasteiger partial charge in [-0.05, 0) is 6.92 Å². The van der Waals surface area contributed by atoms with Crippen LogP contribution in [0.1, 0.15) is 6.92 Å². The Morgan fingerprint density at radius 2 is 2.38 bits per heavy atom. The van der Waals surface area contributed by atoms with E-state index in [0.29, 0.717) is 12.4 Å². The zero-order valence-electron chi connectivity index (χ0n) is 8.58. The van der Waals surface area contributed by atoms with Crippen molar-refractivity contribution in [3.05, 3.63) is 24.8 Å². The summed E-state index contributed by atoms with van der Waals surface area (Å²) in [5, 5.41) is 6.14. The van der Waals surface area contributed by atoms with Gasteiger partial charge in [-0.25, -0.2) is 4.98 Å². The minimum absolute atomic E-state index is 0.0102. The van der Waals surface area contributed by atoms with Crippen LogP contribution >= 0.6 is 0 Å². The molecule has 0 saturated carbocycles. The predicted octanol–water partition coefficient (Wildman–Crippen LogP) is 0.427. The minimum Gasteiger partial charge on any atom is -0.336 e. The Kier molecular flexibility index (Phi) is 2.65. The van der Waals surface area contributed by atoms with Crippen LogP contribution in [0.4, 0.5) is 5.82 Å². The van der Waals surface area contributed by atoms with Crippen molar-refractivity contribution in [2.75, 3.05) is 4.72 Å². The van der Waals surface area contributed by atoms with Crippen molar-refractivity contribution in [2.24, 2.45) is 0 Å². The van der Waals surface area contributed by atoms with Gasteiger partial charge in [0.1, 0.15) is 5.82 Å². The summed E-state index contributed by atoms with van der Waals surface area (Å²) in [5.74, 6) is 0.311. The van der Waals surface area contributed by atoms with E-state index in [0.717, 1.165) is 0 Å². The number of imidazole rings is 1. The van der Waals surface area contributed by atoms with E-state index in [1.54, 1.807) is 4.57 Å². The first-order chi connectivity index (χ1) is 7.62. The summed E-state index contributed by atoms with van der Waals surface area (Å²) in [4.78, 5) is 3.82. The Morgan fingerprint density at radius 3 is 2.94 bits per heavy atom. The van der Waals surface area contributed by atoms with Gasteiger partial charge in [-0.3, -0.25) is 9.82 Å². The quantitative estimate of drug-likeness (QED) is 0.811. The van der Waals surface area contributed by atoms with E-state index in [1.165, 1.54) is 24.8 Å². The summed E-state index contributed by atoms with van der Waals surface area (Å²) in [7, 11) is -3.63. The van der Waals surface area contributed by atoms with Gasteiger partial charge in [0.2, 0.25) is 0 Å². The molecule has 2 aromatic rings. The van der Waals surface area contributed by atoms with Crippen molar-refractivity contribution in [1.82, 2.24) is 19.7 Å². The largest absolute Gasteiger partial charge is 0.336 e. The van der Waals surface area contributed by atoms with Crippen LogP contribution in [-0.2, 0) is 16.6 Å². The van der Waals surface area contributed by atoms with Crippen molar-refractivity contribution in [3.8, 4) is 0 Å². The first kappa shape index (κ1) is 10.7. The molecule has 0 aliphatic carbocycles. The zero-order chi connectivity index (χ0) is 11.6. The molecule has 7 nitrogen and oxygen atoms in total. The fraction of sp³-hybridized carbons (Fsp3) is 0.250. The molecule has 2 rings (SSSR count). The minimum atomic E-state index is -3.63. The summed E-state index contributed by atoms with van der Waals surface area (Å²) in [6, 6.07) is 1.52. The Labute approximate surface area is 92.6 Å². The van der Waals surface area contributed by atoms with Crippen molar-refractivity contribution >= 4 is 15.8 Å². The van der Waals surface area contributed by atoms with Gasteiger partial charge in [0.05, 0.1) is 12.5 Å². The number of anilines is 1. The molecule has 0 unspecified atom stereocenters. The number of aromatic nitrogens is 4. The summed E-state index contributed by atoms with van der Waals surface area (Å²) in [5.41, 5.74) is 0. The molecular formula is C8H11N5O2S. The Balaban J connectivity index is 2.25. The molecule has 0 fully saturated rings. The van der Waals surface area contributed by atoms with Crippen molar-refractivity contribution in [2.45, 2.75) is 18.5 Å². The number of hydrogen-bond acceptors (Lipinski definition) is 4. The summed E-state index contributed by atoms with van der Waals surface area (Å²) in [6.45, 7) is 2.58. The normalized spacial score (nSPS) is 11.6. The lowest BCUT2D eigenvalue weighted by Crippen LogP contribution is -2.13. The van der Waals surface area contributed by atoms with Gasteiger partial charge in [-0.15, -0.1) is 0 Å². The van der Waals surface area contributed by atoms with E-state index < -0.39 is 10.0 Å².